The van der Waals surface area contributed by atoms with E-state index in [4.69, 9.17) is 24.0 Å². The molecule has 2 N–H and O–H groups in total. The number of alkyl halides is 1. The largest absolute Gasteiger partial charge is 0.475 e. The van der Waals surface area contributed by atoms with E-state index in [0.717, 1.165) is 19.5 Å². The summed E-state index contributed by atoms with van der Waals surface area (Å²) in [6.45, 7) is 6.30. The number of phosphoric ester groups is 1. The summed E-state index contributed by atoms with van der Waals surface area (Å²) in [6.07, 6.45) is -0.951. The monoisotopic (exact) mass is 442 g/mol. The van der Waals surface area contributed by atoms with Crippen LogP contribution in [0.4, 0.5) is 16.2 Å². The van der Waals surface area contributed by atoms with Crippen molar-refractivity contribution in [2.75, 3.05) is 30.3 Å². The van der Waals surface area contributed by atoms with Crippen molar-refractivity contribution in [1.29, 1.82) is 0 Å². The van der Waals surface area contributed by atoms with E-state index in [1.807, 2.05) is 4.90 Å². The summed E-state index contributed by atoms with van der Waals surface area (Å²) in [4.78, 5) is 15.0. The molecule has 5 heterocycles. The maximum absolute atomic E-state index is 16.0. The van der Waals surface area contributed by atoms with Crippen LogP contribution in [-0.4, -0.2) is 63.2 Å². The lowest BCUT2D eigenvalue weighted by Crippen LogP contribution is -2.45. The minimum atomic E-state index is -3.89. The number of nitrogens with two attached hydrogens (primary N) is 1. The highest BCUT2D eigenvalue weighted by Crippen LogP contribution is 2.60. The molecule has 5 rings (SSSR count). The number of hydrogen-bond donors (Lipinski definition) is 1. The first-order valence-electron chi connectivity index (χ1n) is 9.89. The molecule has 0 bridgehead atoms. The van der Waals surface area contributed by atoms with Crippen LogP contribution >= 0.6 is 7.82 Å². The highest BCUT2D eigenvalue weighted by Gasteiger charge is 2.61. The third kappa shape index (κ3) is 3.09. The maximum atomic E-state index is 16.0. The Bertz CT molecular complexity index is 1030. The number of nitrogens with zero attached hydrogens (tertiary/aromatic N) is 5. The Balaban J connectivity index is 1.50. The fourth-order valence-corrected chi connectivity index (χ4v) is 5.63. The molecule has 5 atom stereocenters. The van der Waals surface area contributed by atoms with Gasteiger partial charge in [0.05, 0.1) is 19.0 Å². The molecular weight excluding hydrogens is 418 g/mol. The first-order chi connectivity index (χ1) is 14.2. The molecule has 0 spiro atoms. The summed E-state index contributed by atoms with van der Waals surface area (Å²) in [5.41, 5.74) is 4.73. The zero-order valence-corrected chi connectivity index (χ0v) is 17.8. The minimum Gasteiger partial charge on any atom is -0.368 e. The van der Waals surface area contributed by atoms with E-state index in [0.29, 0.717) is 17.0 Å². The summed E-state index contributed by atoms with van der Waals surface area (Å²) < 4.78 is 52.2. The van der Waals surface area contributed by atoms with Gasteiger partial charge in [-0.25, -0.2) is 13.9 Å². The lowest BCUT2D eigenvalue weighted by atomic mass is 9.98. The topological polar surface area (TPSA) is 127 Å². The van der Waals surface area contributed by atoms with Gasteiger partial charge in [-0.3, -0.25) is 18.1 Å². The second-order valence-electron chi connectivity index (χ2n) is 8.17. The molecule has 3 aliphatic heterocycles. The fourth-order valence-electron chi connectivity index (χ4n) is 3.99. The molecule has 0 unspecified atom stereocenters. The van der Waals surface area contributed by atoms with Crippen LogP contribution in [0.1, 0.15) is 33.4 Å². The summed E-state index contributed by atoms with van der Waals surface area (Å²) in [7, 11) is -3.89. The van der Waals surface area contributed by atoms with Crippen LogP contribution < -0.4 is 10.6 Å². The first-order valence-corrected chi connectivity index (χ1v) is 11.3. The number of fused-ring (bicyclic) bond motifs is 2. The predicted molar refractivity (Wildman–Crippen MR) is 105 cm³/mol. The Hall–Kier alpha value is -1.85. The number of anilines is 2. The molecule has 0 saturated carbocycles. The van der Waals surface area contributed by atoms with Gasteiger partial charge in [0, 0.05) is 13.1 Å². The van der Waals surface area contributed by atoms with Crippen molar-refractivity contribution in [3.05, 3.63) is 6.33 Å². The number of nitrogen functional groups attached to an aromatic ring is 1. The lowest BCUT2D eigenvalue weighted by Gasteiger charge is -2.34. The van der Waals surface area contributed by atoms with Gasteiger partial charge in [0.15, 0.2) is 28.9 Å². The van der Waals surface area contributed by atoms with Crippen LogP contribution in [0.25, 0.3) is 11.2 Å². The van der Waals surface area contributed by atoms with Crippen molar-refractivity contribution in [1.82, 2.24) is 19.5 Å². The molecule has 30 heavy (non-hydrogen) atoms. The van der Waals surface area contributed by atoms with Crippen molar-refractivity contribution >= 4 is 30.8 Å². The van der Waals surface area contributed by atoms with Crippen molar-refractivity contribution in [3.8, 4) is 0 Å². The van der Waals surface area contributed by atoms with E-state index in [1.54, 1.807) is 13.8 Å². The van der Waals surface area contributed by atoms with Gasteiger partial charge in [0.25, 0.3) is 0 Å². The van der Waals surface area contributed by atoms with Gasteiger partial charge in [0.2, 0.25) is 5.95 Å². The molecule has 3 saturated heterocycles. The number of hydrogen-bond acceptors (Lipinski definition) is 10. The summed E-state index contributed by atoms with van der Waals surface area (Å²) in [5.74, 6) is 0.685. The van der Waals surface area contributed by atoms with Gasteiger partial charge in [-0.05, 0) is 27.2 Å². The summed E-state index contributed by atoms with van der Waals surface area (Å²) >= 11 is 0. The van der Waals surface area contributed by atoms with Gasteiger partial charge in [0.1, 0.15) is 12.2 Å². The summed E-state index contributed by atoms with van der Waals surface area (Å²) in [5, 5.41) is 0. The predicted octanol–water partition coefficient (Wildman–Crippen LogP) is 2.19. The molecule has 11 nitrogen and oxygen atoms in total. The Morgan fingerprint density at radius 3 is 2.83 bits per heavy atom. The van der Waals surface area contributed by atoms with Crippen molar-refractivity contribution in [2.24, 2.45) is 0 Å². The Kier molecular flexibility index (Phi) is 4.57. The molecule has 0 amide bonds. The molecule has 0 radical (unpaired) electrons. The van der Waals surface area contributed by atoms with Gasteiger partial charge in [-0.2, -0.15) is 9.97 Å². The average Bonchev–Trinajstić information content (AvgIpc) is 3.11. The third-order valence-corrected chi connectivity index (χ3v) is 7.12. The molecule has 3 fully saturated rings. The number of aromatic nitrogens is 4. The second kappa shape index (κ2) is 6.83. The third-order valence-electron chi connectivity index (χ3n) is 5.49. The molecule has 3 aliphatic rings. The Morgan fingerprint density at radius 1 is 1.40 bits per heavy atom. The standard InChI is InChI=1S/C17H24FN6O5P/c1-9(2)28-30(25)26-7-10-12(29-30)17(3,18)15(27-10)24-8-20-11-13(23-5-4-6-23)21-16(19)22-14(11)24/h8-10,12,15H,4-7H2,1-3H3,(H2,19,21,22)/t10-,12-,15-,17-,30-/m1/s1. The molecule has 164 valence electrons. The fraction of sp³-hybridized carbons (Fsp3) is 0.706. The molecule has 2 aromatic heterocycles. The average molecular weight is 442 g/mol. The molecular formula is C17H24FN6O5P. The Morgan fingerprint density at radius 2 is 2.17 bits per heavy atom. The molecule has 0 aliphatic carbocycles. The van der Waals surface area contributed by atoms with Gasteiger partial charge >= 0.3 is 7.82 Å². The van der Waals surface area contributed by atoms with Crippen LogP contribution in [0.15, 0.2) is 6.33 Å². The second-order valence-corrected chi connectivity index (χ2v) is 9.75. The molecule has 2 aromatic rings. The van der Waals surface area contributed by atoms with E-state index in [9.17, 15) is 4.57 Å². The highest BCUT2D eigenvalue weighted by molar-refractivity contribution is 7.48. The number of ether oxygens (including phenoxy) is 1. The van der Waals surface area contributed by atoms with Gasteiger partial charge in [-0.15, -0.1) is 0 Å². The van der Waals surface area contributed by atoms with E-state index >= 15 is 4.39 Å². The quantitative estimate of drug-likeness (QED) is 0.704. The number of imidazole rings is 1. The van der Waals surface area contributed by atoms with Crippen molar-refractivity contribution in [3.63, 3.8) is 0 Å². The van der Waals surface area contributed by atoms with Gasteiger partial charge in [-0.1, -0.05) is 0 Å². The number of halogens is 1. The summed E-state index contributed by atoms with van der Waals surface area (Å²) in [6, 6.07) is 0. The smallest absolute Gasteiger partial charge is 0.368 e. The van der Waals surface area contributed by atoms with Crippen LogP contribution in [0, 0.1) is 0 Å². The van der Waals surface area contributed by atoms with Crippen LogP contribution in [-0.2, 0) is 22.9 Å². The lowest BCUT2D eigenvalue weighted by molar-refractivity contribution is -0.0733. The normalized spacial score (nSPS) is 36.3. The minimum absolute atomic E-state index is 0.0662. The van der Waals surface area contributed by atoms with Crippen molar-refractivity contribution in [2.45, 2.75) is 57.4 Å². The maximum Gasteiger partial charge on any atom is 0.475 e. The Labute approximate surface area is 172 Å². The number of rotatable bonds is 4. The van der Waals surface area contributed by atoms with Crippen LogP contribution in [0.2, 0.25) is 0 Å². The van der Waals surface area contributed by atoms with E-state index in [1.165, 1.54) is 17.8 Å². The number of phosphoric acid groups is 1. The van der Waals surface area contributed by atoms with E-state index in [-0.39, 0.29) is 12.6 Å². The zero-order chi connectivity index (χ0) is 21.3. The van der Waals surface area contributed by atoms with Crippen LogP contribution in [0.3, 0.4) is 0 Å². The zero-order valence-electron chi connectivity index (χ0n) is 16.9. The highest BCUT2D eigenvalue weighted by atomic mass is 31.2. The first kappa shape index (κ1) is 20.1. The van der Waals surface area contributed by atoms with E-state index in [2.05, 4.69) is 15.0 Å². The van der Waals surface area contributed by atoms with Gasteiger partial charge < -0.3 is 15.4 Å². The van der Waals surface area contributed by atoms with Crippen molar-refractivity contribution < 1.29 is 27.3 Å². The SMILES string of the molecule is CC(C)O[P@@]1(=O)OC[C@H]2O[C@@H](n3cnc4c(N5CCC5)nc(N)nc43)[C@](C)(F)[C@@H]2O1. The molecule has 0 aromatic carbocycles. The molecule has 13 heteroatoms. The van der Waals surface area contributed by atoms with Crippen LogP contribution in [0.5, 0.6) is 0 Å². The van der Waals surface area contributed by atoms with E-state index < -0.39 is 38.0 Å².